The van der Waals surface area contributed by atoms with Gasteiger partial charge < -0.3 is 28.8 Å². The van der Waals surface area contributed by atoms with Crippen LogP contribution in [0, 0.1) is 35.5 Å². The molecule has 0 aromatic heterocycles. The summed E-state index contributed by atoms with van der Waals surface area (Å²) < 4.78 is 29.6. The SMILES string of the molecule is CC(C)COCC1CCC(Oc2ccc3cc(CN4CCC(C(=O)O)CC4)ccc3c2)CC1.CCOC(=O)C1CCN(Cc2ccc3cc(OC4CCC(COCC(C)C)CC4)ccc3c2)CC1. The number of carbonyl (C=O) groups is 2. The predicted molar refractivity (Wildman–Crippen MR) is 272 cm³/mol. The fourth-order valence-electron chi connectivity index (χ4n) is 10.5. The molecule has 372 valence electrons. The van der Waals surface area contributed by atoms with Crippen LogP contribution in [0.1, 0.15) is 123 Å². The number of esters is 1. The van der Waals surface area contributed by atoms with E-state index in [2.05, 4.69) is 110 Å². The molecule has 0 amide bonds. The smallest absolute Gasteiger partial charge is 0.309 e. The second-order valence-electron chi connectivity index (χ2n) is 21.3. The molecule has 68 heavy (non-hydrogen) atoms. The summed E-state index contributed by atoms with van der Waals surface area (Å²) in [4.78, 5) is 27.9. The number of hydrogen-bond acceptors (Lipinski definition) is 9. The number of likely N-dealkylation sites (tertiary alicyclic amines) is 2. The highest BCUT2D eigenvalue weighted by molar-refractivity contribution is 5.85. The number of hydrogen-bond donors (Lipinski definition) is 1. The maximum absolute atomic E-state index is 12.0. The standard InChI is InChI=1S/C30H43NO4.C28H39NO4/c1-4-34-30(32)25-13-15-31(16-14-25)19-24-5-8-27-18-29(12-9-26(27)17-24)35-28-10-6-23(7-11-28)21-33-20-22(2)3;1-20(2)18-32-19-21-4-8-26(9-5-21)33-27-10-7-24-15-22(3-6-25(24)16-27)17-29-13-11-23(12-14-29)28(30)31/h5,8-9,12,17-18,22-23,25,28H,4,6-7,10-11,13-16,19-21H2,1-3H3;3,6-7,10,15-16,20-21,23,26H,4-5,8-9,11-14,17-19H2,1-2H3,(H,30,31). The molecule has 4 aromatic carbocycles. The zero-order chi connectivity index (χ0) is 47.8. The summed E-state index contributed by atoms with van der Waals surface area (Å²) in [5.41, 5.74) is 2.60. The van der Waals surface area contributed by atoms with Crippen molar-refractivity contribution in [2.24, 2.45) is 35.5 Å². The summed E-state index contributed by atoms with van der Waals surface area (Å²) in [6, 6.07) is 26.3. The maximum atomic E-state index is 12.0. The molecule has 2 saturated heterocycles. The lowest BCUT2D eigenvalue weighted by atomic mass is 9.88. The molecule has 4 aliphatic rings. The number of piperidine rings is 2. The van der Waals surface area contributed by atoms with E-state index in [4.69, 9.17) is 23.7 Å². The molecular weight excluding hydrogens is 853 g/mol. The summed E-state index contributed by atoms with van der Waals surface area (Å²) in [5, 5.41) is 14.1. The van der Waals surface area contributed by atoms with Crippen LogP contribution in [0.2, 0.25) is 0 Å². The monoisotopic (exact) mass is 935 g/mol. The molecule has 10 heteroatoms. The summed E-state index contributed by atoms with van der Waals surface area (Å²) in [7, 11) is 0. The lowest BCUT2D eigenvalue weighted by Crippen LogP contribution is -2.36. The molecule has 2 heterocycles. The highest BCUT2D eigenvalue weighted by atomic mass is 16.5. The van der Waals surface area contributed by atoms with E-state index in [-0.39, 0.29) is 17.8 Å². The summed E-state index contributed by atoms with van der Waals surface area (Å²) >= 11 is 0. The Kier molecular flexibility index (Phi) is 19.8. The highest BCUT2D eigenvalue weighted by Gasteiger charge is 2.28. The first-order chi connectivity index (χ1) is 33.0. The van der Waals surface area contributed by atoms with Crippen LogP contribution in [-0.2, 0) is 36.9 Å². The van der Waals surface area contributed by atoms with Crippen molar-refractivity contribution in [1.82, 2.24) is 9.80 Å². The van der Waals surface area contributed by atoms with Crippen molar-refractivity contribution in [3.8, 4) is 11.5 Å². The molecule has 4 aromatic rings. The van der Waals surface area contributed by atoms with Crippen LogP contribution in [0.4, 0.5) is 0 Å². The van der Waals surface area contributed by atoms with Gasteiger partial charge in [-0.3, -0.25) is 19.4 Å². The van der Waals surface area contributed by atoms with Crippen molar-refractivity contribution in [2.45, 2.75) is 137 Å². The van der Waals surface area contributed by atoms with Gasteiger partial charge in [0.1, 0.15) is 11.5 Å². The average molecular weight is 935 g/mol. The summed E-state index contributed by atoms with van der Waals surface area (Å²) in [5.74, 6) is 3.71. The van der Waals surface area contributed by atoms with E-state index in [0.717, 1.165) is 129 Å². The number of carboxylic acids is 1. The van der Waals surface area contributed by atoms with Gasteiger partial charge in [0.2, 0.25) is 0 Å². The van der Waals surface area contributed by atoms with Crippen LogP contribution >= 0.6 is 0 Å². The Labute approximate surface area is 407 Å². The van der Waals surface area contributed by atoms with E-state index < -0.39 is 5.97 Å². The molecule has 0 bridgehead atoms. The Balaban J connectivity index is 0.000000202. The minimum absolute atomic E-state index is 0.0282. The first-order valence-corrected chi connectivity index (χ1v) is 26.3. The molecule has 8 rings (SSSR count). The third-order valence-corrected chi connectivity index (χ3v) is 14.5. The lowest BCUT2D eigenvalue weighted by Gasteiger charge is -2.30. The molecule has 4 fully saturated rings. The van der Waals surface area contributed by atoms with Crippen LogP contribution in [-0.4, -0.2) is 98.3 Å². The maximum Gasteiger partial charge on any atom is 0.309 e. The van der Waals surface area contributed by atoms with Gasteiger partial charge in [0.15, 0.2) is 0 Å². The summed E-state index contributed by atoms with van der Waals surface area (Å²) in [6.45, 7) is 20.1. The largest absolute Gasteiger partial charge is 0.490 e. The Hall–Kier alpha value is -4.22. The van der Waals surface area contributed by atoms with E-state index in [0.29, 0.717) is 42.5 Å². The quantitative estimate of drug-likeness (QED) is 0.0913. The number of aliphatic carboxylic acids is 1. The average Bonchev–Trinajstić information content (AvgIpc) is 3.33. The van der Waals surface area contributed by atoms with Gasteiger partial charge in [0.25, 0.3) is 0 Å². The lowest BCUT2D eigenvalue weighted by molar-refractivity contribution is -0.149. The molecule has 10 nitrogen and oxygen atoms in total. The van der Waals surface area contributed by atoms with E-state index >= 15 is 0 Å². The number of carboxylic acid groups (broad SMARTS) is 1. The third-order valence-electron chi connectivity index (χ3n) is 14.5. The van der Waals surface area contributed by atoms with Crippen LogP contribution in [0.5, 0.6) is 11.5 Å². The molecule has 2 saturated carbocycles. The minimum atomic E-state index is -0.651. The minimum Gasteiger partial charge on any atom is -0.490 e. The number of carbonyl (C=O) groups excluding carboxylic acids is 1. The number of nitrogens with zero attached hydrogens (tertiary/aromatic N) is 2. The van der Waals surface area contributed by atoms with Gasteiger partial charge >= 0.3 is 11.9 Å². The van der Waals surface area contributed by atoms with Gasteiger partial charge in [-0.05, 0) is 203 Å². The number of fused-ring (bicyclic) bond motifs is 2. The third kappa shape index (κ3) is 16.2. The Bertz CT molecular complexity index is 2160. The van der Waals surface area contributed by atoms with E-state index in [1.165, 1.54) is 58.4 Å². The molecule has 0 spiro atoms. The van der Waals surface area contributed by atoms with Crippen molar-refractivity contribution in [3.63, 3.8) is 0 Å². The molecule has 0 radical (unpaired) electrons. The van der Waals surface area contributed by atoms with Gasteiger partial charge in [0, 0.05) is 39.5 Å². The van der Waals surface area contributed by atoms with Crippen molar-refractivity contribution in [1.29, 1.82) is 0 Å². The van der Waals surface area contributed by atoms with Crippen molar-refractivity contribution in [3.05, 3.63) is 83.9 Å². The summed E-state index contributed by atoms with van der Waals surface area (Å²) in [6.07, 6.45) is 13.1. The van der Waals surface area contributed by atoms with Crippen LogP contribution in [0.15, 0.2) is 72.8 Å². The number of benzene rings is 4. The van der Waals surface area contributed by atoms with E-state index in [1.807, 2.05) is 6.92 Å². The zero-order valence-electron chi connectivity index (χ0n) is 42.0. The molecule has 2 aliphatic carbocycles. The zero-order valence-corrected chi connectivity index (χ0v) is 42.0. The topological polar surface area (TPSA) is 107 Å². The van der Waals surface area contributed by atoms with Crippen molar-refractivity contribution < 1.29 is 38.4 Å². The molecule has 0 unspecified atom stereocenters. The van der Waals surface area contributed by atoms with Gasteiger partial charge in [-0.1, -0.05) is 64.1 Å². The highest BCUT2D eigenvalue weighted by Crippen LogP contribution is 2.32. The molecule has 1 N–H and O–H groups in total. The fraction of sp³-hybridized carbons (Fsp3) is 0.621. The number of rotatable bonds is 19. The number of ether oxygens (including phenoxy) is 5. The molecule has 0 atom stereocenters. The van der Waals surface area contributed by atoms with E-state index in [1.54, 1.807) is 0 Å². The van der Waals surface area contributed by atoms with Gasteiger partial charge in [-0.25, -0.2) is 0 Å². The van der Waals surface area contributed by atoms with Crippen LogP contribution in [0.3, 0.4) is 0 Å². The normalized spacial score (nSPS) is 22.3. The van der Waals surface area contributed by atoms with E-state index in [9.17, 15) is 14.7 Å². The van der Waals surface area contributed by atoms with Gasteiger partial charge in [-0.15, -0.1) is 0 Å². The molecule has 2 aliphatic heterocycles. The Morgan fingerprint density at radius 2 is 0.941 bits per heavy atom. The second-order valence-corrected chi connectivity index (χ2v) is 21.3. The molecular formula is C58H82N2O8. The van der Waals surface area contributed by atoms with Crippen molar-refractivity contribution in [2.75, 3.05) is 59.2 Å². The predicted octanol–water partition coefficient (Wildman–Crippen LogP) is 12.0. The van der Waals surface area contributed by atoms with Crippen LogP contribution in [0.25, 0.3) is 21.5 Å². The van der Waals surface area contributed by atoms with Gasteiger partial charge in [0.05, 0.1) is 30.7 Å². The first kappa shape index (κ1) is 51.6. The van der Waals surface area contributed by atoms with Gasteiger partial charge in [-0.2, -0.15) is 0 Å². The Morgan fingerprint density at radius 3 is 1.34 bits per heavy atom. The fourth-order valence-corrected chi connectivity index (χ4v) is 10.5. The Morgan fingerprint density at radius 1 is 0.544 bits per heavy atom. The van der Waals surface area contributed by atoms with Crippen molar-refractivity contribution >= 4 is 33.5 Å². The first-order valence-electron chi connectivity index (χ1n) is 26.3. The van der Waals surface area contributed by atoms with Crippen LogP contribution < -0.4 is 9.47 Å². The second kappa shape index (κ2) is 26.1.